The summed E-state index contributed by atoms with van der Waals surface area (Å²) in [6.07, 6.45) is 0. The summed E-state index contributed by atoms with van der Waals surface area (Å²) in [5, 5.41) is 9.38. The van der Waals surface area contributed by atoms with Crippen molar-refractivity contribution in [2.75, 3.05) is 4.90 Å². The first kappa shape index (κ1) is 11.6. The molecule has 1 N–H and O–H groups in total. The van der Waals surface area contributed by atoms with Crippen LogP contribution in [0.4, 0.5) is 5.69 Å². The molecular formula is C14H10Cl2N2. The van der Waals surface area contributed by atoms with E-state index in [1.807, 2.05) is 35.2 Å². The molecule has 3 rings (SSSR count). The van der Waals surface area contributed by atoms with Gasteiger partial charge in [-0.05, 0) is 23.8 Å². The third-order valence-corrected chi connectivity index (χ3v) is 3.61. The summed E-state index contributed by atoms with van der Waals surface area (Å²) in [6, 6.07) is 13.3. The molecule has 1 aliphatic heterocycles. The Morgan fingerprint density at radius 2 is 1.83 bits per heavy atom. The SMILES string of the molecule is N=C1c2ccccc2CN1c1ccc(Cl)cc1Cl. The van der Waals surface area contributed by atoms with Crippen LogP contribution in [0.2, 0.25) is 10.0 Å². The predicted octanol–water partition coefficient (Wildman–Crippen LogP) is 4.34. The van der Waals surface area contributed by atoms with Gasteiger partial charge in [0.2, 0.25) is 0 Å². The van der Waals surface area contributed by atoms with E-state index < -0.39 is 0 Å². The van der Waals surface area contributed by atoms with E-state index in [0.29, 0.717) is 22.4 Å². The molecule has 0 fully saturated rings. The highest BCUT2D eigenvalue weighted by Gasteiger charge is 2.26. The molecule has 2 aromatic carbocycles. The topological polar surface area (TPSA) is 27.1 Å². The van der Waals surface area contributed by atoms with E-state index in [0.717, 1.165) is 16.8 Å². The zero-order valence-corrected chi connectivity index (χ0v) is 11.0. The molecular weight excluding hydrogens is 267 g/mol. The smallest absolute Gasteiger partial charge is 0.133 e. The lowest BCUT2D eigenvalue weighted by molar-refractivity contribution is 1.05. The average molecular weight is 277 g/mol. The molecule has 18 heavy (non-hydrogen) atoms. The number of nitrogens with zero attached hydrogens (tertiary/aromatic N) is 1. The molecule has 0 amide bonds. The first-order valence-electron chi connectivity index (χ1n) is 5.56. The predicted molar refractivity (Wildman–Crippen MR) is 75.9 cm³/mol. The van der Waals surface area contributed by atoms with Crippen molar-refractivity contribution in [3.8, 4) is 0 Å². The van der Waals surface area contributed by atoms with Crippen molar-refractivity contribution < 1.29 is 0 Å². The molecule has 0 saturated carbocycles. The van der Waals surface area contributed by atoms with Crippen molar-refractivity contribution in [1.29, 1.82) is 5.41 Å². The molecule has 1 heterocycles. The second-order valence-electron chi connectivity index (χ2n) is 4.19. The summed E-state index contributed by atoms with van der Waals surface area (Å²) in [5.74, 6) is 0.481. The zero-order valence-electron chi connectivity index (χ0n) is 9.45. The maximum atomic E-state index is 8.21. The highest BCUT2D eigenvalue weighted by molar-refractivity contribution is 6.37. The summed E-state index contributed by atoms with van der Waals surface area (Å²) in [6.45, 7) is 0.677. The molecule has 0 spiro atoms. The molecule has 0 radical (unpaired) electrons. The van der Waals surface area contributed by atoms with Crippen molar-refractivity contribution >= 4 is 34.7 Å². The molecule has 0 unspecified atom stereocenters. The van der Waals surface area contributed by atoms with Crippen LogP contribution in [-0.2, 0) is 6.54 Å². The highest BCUT2D eigenvalue weighted by Crippen LogP contribution is 2.34. The van der Waals surface area contributed by atoms with E-state index in [9.17, 15) is 0 Å². The van der Waals surface area contributed by atoms with E-state index >= 15 is 0 Å². The molecule has 0 saturated heterocycles. The van der Waals surface area contributed by atoms with Crippen molar-refractivity contribution in [3.63, 3.8) is 0 Å². The van der Waals surface area contributed by atoms with E-state index in [4.69, 9.17) is 28.6 Å². The Labute approximate surface area is 115 Å². The van der Waals surface area contributed by atoms with Crippen LogP contribution in [0.1, 0.15) is 11.1 Å². The largest absolute Gasteiger partial charge is 0.320 e. The van der Waals surface area contributed by atoms with Gasteiger partial charge in [0.1, 0.15) is 5.84 Å². The normalized spacial score (nSPS) is 13.9. The van der Waals surface area contributed by atoms with E-state index in [1.165, 1.54) is 0 Å². The van der Waals surface area contributed by atoms with E-state index in [1.54, 1.807) is 12.1 Å². The Morgan fingerprint density at radius 1 is 1.06 bits per heavy atom. The van der Waals surface area contributed by atoms with Gasteiger partial charge < -0.3 is 4.90 Å². The molecule has 1 aliphatic rings. The minimum atomic E-state index is 0.481. The van der Waals surface area contributed by atoms with Gasteiger partial charge in [0, 0.05) is 10.6 Å². The molecule has 4 heteroatoms. The van der Waals surface area contributed by atoms with Crippen LogP contribution in [0.15, 0.2) is 42.5 Å². The van der Waals surface area contributed by atoms with Gasteiger partial charge in [-0.15, -0.1) is 0 Å². The molecule has 2 aromatic rings. The summed E-state index contributed by atoms with van der Waals surface area (Å²) < 4.78 is 0. The van der Waals surface area contributed by atoms with Crippen LogP contribution in [0, 0.1) is 5.41 Å². The van der Waals surface area contributed by atoms with Gasteiger partial charge >= 0.3 is 0 Å². The van der Waals surface area contributed by atoms with Gasteiger partial charge in [0.15, 0.2) is 0 Å². The minimum Gasteiger partial charge on any atom is -0.320 e. The molecule has 0 aromatic heterocycles. The van der Waals surface area contributed by atoms with Crippen molar-refractivity contribution in [3.05, 3.63) is 63.6 Å². The Bertz CT molecular complexity index is 637. The summed E-state index contributed by atoms with van der Waals surface area (Å²) in [4.78, 5) is 1.89. The number of rotatable bonds is 1. The fourth-order valence-electron chi connectivity index (χ4n) is 2.19. The second kappa shape index (κ2) is 4.30. The Balaban J connectivity index is 2.04. The van der Waals surface area contributed by atoms with Gasteiger partial charge in [-0.2, -0.15) is 0 Å². The van der Waals surface area contributed by atoms with Crippen LogP contribution in [-0.4, -0.2) is 5.84 Å². The maximum absolute atomic E-state index is 8.21. The van der Waals surface area contributed by atoms with Gasteiger partial charge in [0.25, 0.3) is 0 Å². The lowest BCUT2D eigenvalue weighted by Gasteiger charge is -2.19. The number of nitrogens with one attached hydrogen (secondary N) is 1. The van der Waals surface area contributed by atoms with Crippen LogP contribution >= 0.6 is 23.2 Å². The third-order valence-electron chi connectivity index (χ3n) is 3.07. The Hall–Kier alpha value is -1.51. The summed E-state index contributed by atoms with van der Waals surface area (Å²) >= 11 is 12.1. The first-order valence-corrected chi connectivity index (χ1v) is 6.32. The fourth-order valence-corrected chi connectivity index (χ4v) is 2.70. The highest BCUT2D eigenvalue weighted by atomic mass is 35.5. The van der Waals surface area contributed by atoms with Crippen LogP contribution < -0.4 is 4.90 Å². The number of hydrogen-bond donors (Lipinski definition) is 1. The lowest BCUT2D eigenvalue weighted by atomic mass is 10.1. The van der Waals surface area contributed by atoms with Crippen molar-refractivity contribution in [1.82, 2.24) is 0 Å². The Kier molecular flexibility index (Phi) is 2.77. The van der Waals surface area contributed by atoms with E-state index in [-0.39, 0.29) is 0 Å². The van der Waals surface area contributed by atoms with Crippen molar-refractivity contribution in [2.24, 2.45) is 0 Å². The average Bonchev–Trinajstić information content (AvgIpc) is 2.68. The molecule has 90 valence electrons. The lowest BCUT2D eigenvalue weighted by Crippen LogP contribution is -2.23. The summed E-state index contributed by atoms with van der Waals surface area (Å²) in [5.41, 5.74) is 2.93. The summed E-state index contributed by atoms with van der Waals surface area (Å²) in [7, 11) is 0. The van der Waals surface area contributed by atoms with Gasteiger partial charge in [-0.1, -0.05) is 47.5 Å². The van der Waals surface area contributed by atoms with E-state index in [2.05, 4.69) is 0 Å². The number of halogens is 2. The fraction of sp³-hybridized carbons (Fsp3) is 0.0714. The molecule has 0 atom stereocenters. The number of anilines is 1. The van der Waals surface area contributed by atoms with Crippen LogP contribution in [0.5, 0.6) is 0 Å². The zero-order chi connectivity index (χ0) is 12.7. The number of benzene rings is 2. The van der Waals surface area contributed by atoms with Crippen LogP contribution in [0.25, 0.3) is 0 Å². The molecule has 2 nitrogen and oxygen atoms in total. The maximum Gasteiger partial charge on any atom is 0.133 e. The Morgan fingerprint density at radius 3 is 2.56 bits per heavy atom. The quantitative estimate of drug-likeness (QED) is 0.824. The number of fused-ring (bicyclic) bond motifs is 1. The van der Waals surface area contributed by atoms with Gasteiger partial charge in [-0.25, -0.2) is 0 Å². The third kappa shape index (κ3) is 1.78. The number of hydrogen-bond acceptors (Lipinski definition) is 1. The van der Waals surface area contributed by atoms with Crippen LogP contribution in [0.3, 0.4) is 0 Å². The molecule has 0 aliphatic carbocycles. The number of amidine groups is 1. The van der Waals surface area contributed by atoms with Crippen molar-refractivity contribution in [2.45, 2.75) is 6.54 Å². The second-order valence-corrected chi connectivity index (χ2v) is 5.03. The minimum absolute atomic E-state index is 0.481. The van der Waals surface area contributed by atoms with Gasteiger partial charge in [-0.3, -0.25) is 5.41 Å². The molecule has 0 bridgehead atoms. The first-order chi connectivity index (χ1) is 8.66. The monoisotopic (exact) mass is 276 g/mol. The van der Waals surface area contributed by atoms with Gasteiger partial charge in [0.05, 0.1) is 17.3 Å². The standard InChI is InChI=1S/C14H10Cl2N2/c15-10-5-6-13(12(16)7-10)18-8-9-3-1-2-4-11(9)14(18)17/h1-7,17H,8H2.